The number of H-pyrrole nitrogens is 1. The molecule has 0 spiro atoms. The van der Waals surface area contributed by atoms with E-state index < -0.39 is 0 Å². The predicted octanol–water partition coefficient (Wildman–Crippen LogP) is 3.16. The number of benzene rings is 2. The summed E-state index contributed by atoms with van der Waals surface area (Å²) in [6.07, 6.45) is 0.192. The zero-order valence-electron chi connectivity index (χ0n) is 20.5. The van der Waals surface area contributed by atoms with E-state index in [1.807, 2.05) is 6.07 Å². The van der Waals surface area contributed by atoms with E-state index in [-0.39, 0.29) is 18.9 Å². The van der Waals surface area contributed by atoms with E-state index in [1.54, 1.807) is 52.7 Å². The third-order valence-corrected chi connectivity index (χ3v) is 5.14. The lowest BCUT2D eigenvalue weighted by Crippen LogP contribution is -2.15. The minimum atomic E-state index is -0.206. The zero-order chi connectivity index (χ0) is 25.2. The molecule has 2 N–H and O–H groups in total. The summed E-state index contributed by atoms with van der Waals surface area (Å²) in [6.45, 7) is 1.19. The second-order valence-electron chi connectivity index (χ2n) is 7.25. The number of aromatic nitrogens is 3. The van der Waals surface area contributed by atoms with Crippen LogP contribution in [0.3, 0.4) is 0 Å². The Bertz CT molecular complexity index is 1110. The number of methoxy groups -OCH3 is 5. The molecule has 11 heteroatoms. The smallest absolute Gasteiger partial charge is 0.226 e. The summed E-state index contributed by atoms with van der Waals surface area (Å²) in [4.78, 5) is 12.4. The molecule has 0 unspecified atom stereocenters. The van der Waals surface area contributed by atoms with E-state index in [9.17, 15) is 4.79 Å². The molecule has 2 aromatic carbocycles. The average Bonchev–Trinajstić information content (AvgIpc) is 3.37. The van der Waals surface area contributed by atoms with Gasteiger partial charge in [0.05, 0.1) is 60.4 Å². The SMILES string of the molecule is COCCOCCC(=O)Nc1cc(-c2n[nH]nc2-c2cc(OC)c(OC)c(OC)c2)ccc1OC. The highest BCUT2D eigenvalue weighted by Gasteiger charge is 2.20. The van der Waals surface area contributed by atoms with Gasteiger partial charge < -0.3 is 33.7 Å². The Kier molecular flexibility index (Phi) is 9.27. The molecule has 35 heavy (non-hydrogen) atoms. The van der Waals surface area contributed by atoms with Crippen molar-refractivity contribution in [3.8, 4) is 45.5 Å². The summed E-state index contributed by atoms with van der Waals surface area (Å²) in [6, 6.07) is 8.95. The van der Waals surface area contributed by atoms with Crippen molar-refractivity contribution in [2.45, 2.75) is 6.42 Å². The van der Waals surface area contributed by atoms with Gasteiger partial charge in [-0.15, -0.1) is 0 Å². The third-order valence-electron chi connectivity index (χ3n) is 5.14. The molecule has 0 saturated carbocycles. The molecule has 0 saturated heterocycles. The number of carbonyl (C=O) groups excluding carboxylic acids is 1. The highest BCUT2D eigenvalue weighted by molar-refractivity contribution is 5.93. The fourth-order valence-corrected chi connectivity index (χ4v) is 3.43. The highest BCUT2D eigenvalue weighted by Crippen LogP contribution is 2.42. The Morgan fingerprint density at radius 3 is 2.06 bits per heavy atom. The van der Waals surface area contributed by atoms with Crippen LogP contribution < -0.4 is 24.3 Å². The van der Waals surface area contributed by atoms with Gasteiger partial charge >= 0.3 is 0 Å². The number of carbonyl (C=O) groups is 1. The Balaban J connectivity index is 1.89. The van der Waals surface area contributed by atoms with Crippen molar-refractivity contribution in [1.29, 1.82) is 0 Å². The van der Waals surface area contributed by atoms with Gasteiger partial charge in [0.15, 0.2) is 11.5 Å². The monoisotopic (exact) mass is 486 g/mol. The normalized spacial score (nSPS) is 10.7. The van der Waals surface area contributed by atoms with Gasteiger partial charge in [-0.3, -0.25) is 4.79 Å². The number of nitrogens with one attached hydrogen (secondary N) is 2. The maximum absolute atomic E-state index is 12.4. The standard InChI is InChI=1S/C24H30N4O7/c1-30-10-11-35-9-8-21(29)25-17-12-15(6-7-18(17)31-2)22-23(27-28-26-22)16-13-19(32-3)24(34-5)20(14-16)33-4/h6-7,12-14H,8-11H2,1-5H3,(H,25,29)(H,26,27,28). The van der Waals surface area contributed by atoms with Crippen molar-refractivity contribution in [3.63, 3.8) is 0 Å². The first-order valence-electron chi connectivity index (χ1n) is 10.8. The second-order valence-corrected chi connectivity index (χ2v) is 7.25. The van der Waals surface area contributed by atoms with Crippen LogP contribution in [0, 0.1) is 0 Å². The lowest BCUT2D eigenvalue weighted by atomic mass is 10.0. The van der Waals surface area contributed by atoms with E-state index in [0.29, 0.717) is 58.9 Å². The van der Waals surface area contributed by atoms with E-state index in [2.05, 4.69) is 20.7 Å². The van der Waals surface area contributed by atoms with E-state index in [1.165, 1.54) is 7.11 Å². The van der Waals surface area contributed by atoms with Crippen LogP contribution in [-0.4, -0.2) is 76.7 Å². The zero-order valence-corrected chi connectivity index (χ0v) is 20.5. The van der Waals surface area contributed by atoms with Crippen LogP contribution in [0.15, 0.2) is 30.3 Å². The number of ether oxygens (including phenoxy) is 6. The van der Waals surface area contributed by atoms with Crippen molar-refractivity contribution >= 4 is 11.6 Å². The summed E-state index contributed by atoms with van der Waals surface area (Å²) in [7, 11) is 7.77. The van der Waals surface area contributed by atoms with Gasteiger partial charge in [0, 0.05) is 18.2 Å². The number of nitrogens with zero attached hydrogens (tertiary/aromatic N) is 2. The first-order chi connectivity index (χ1) is 17.1. The molecule has 3 aromatic rings. The summed E-state index contributed by atoms with van der Waals surface area (Å²) in [5.41, 5.74) is 3.07. The fraction of sp³-hybridized carbons (Fsp3) is 0.375. The predicted molar refractivity (Wildman–Crippen MR) is 129 cm³/mol. The van der Waals surface area contributed by atoms with Crippen molar-refractivity contribution in [3.05, 3.63) is 30.3 Å². The van der Waals surface area contributed by atoms with Crippen LogP contribution >= 0.6 is 0 Å². The molecule has 11 nitrogen and oxygen atoms in total. The highest BCUT2D eigenvalue weighted by atomic mass is 16.5. The maximum atomic E-state index is 12.4. The van der Waals surface area contributed by atoms with Gasteiger partial charge in [0.2, 0.25) is 11.7 Å². The minimum absolute atomic E-state index is 0.192. The first kappa shape index (κ1) is 25.8. The van der Waals surface area contributed by atoms with Crippen LogP contribution in [0.25, 0.3) is 22.5 Å². The van der Waals surface area contributed by atoms with E-state index in [0.717, 1.165) is 5.56 Å². The van der Waals surface area contributed by atoms with Crippen LogP contribution in [0.2, 0.25) is 0 Å². The Morgan fingerprint density at radius 2 is 1.46 bits per heavy atom. The molecule has 188 valence electrons. The largest absolute Gasteiger partial charge is 0.495 e. The van der Waals surface area contributed by atoms with Crippen molar-refractivity contribution in [2.24, 2.45) is 0 Å². The molecule has 0 bridgehead atoms. The lowest BCUT2D eigenvalue weighted by molar-refractivity contribution is -0.117. The first-order valence-corrected chi connectivity index (χ1v) is 10.8. The van der Waals surface area contributed by atoms with E-state index >= 15 is 0 Å². The molecular formula is C24H30N4O7. The van der Waals surface area contributed by atoms with Gasteiger partial charge in [0.1, 0.15) is 17.1 Å². The molecular weight excluding hydrogens is 456 g/mol. The van der Waals surface area contributed by atoms with Crippen molar-refractivity contribution in [1.82, 2.24) is 15.4 Å². The van der Waals surface area contributed by atoms with Crippen LogP contribution in [-0.2, 0) is 14.3 Å². The van der Waals surface area contributed by atoms with Gasteiger partial charge in [-0.25, -0.2) is 0 Å². The maximum Gasteiger partial charge on any atom is 0.226 e. The molecule has 0 aliphatic heterocycles. The number of hydrogen-bond acceptors (Lipinski definition) is 9. The third kappa shape index (κ3) is 6.19. The second kappa shape index (κ2) is 12.6. The Labute approximate surface area is 203 Å². The number of aromatic amines is 1. The Hall–Kier alpha value is -3.83. The van der Waals surface area contributed by atoms with Crippen LogP contribution in [0.4, 0.5) is 5.69 Å². The summed E-state index contributed by atoms with van der Waals surface area (Å²) in [5.74, 6) is 1.77. The molecule has 0 aliphatic carbocycles. The summed E-state index contributed by atoms with van der Waals surface area (Å²) in [5, 5.41) is 14.2. The van der Waals surface area contributed by atoms with Gasteiger partial charge in [-0.05, 0) is 30.3 Å². The minimum Gasteiger partial charge on any atom is -0.495 e. The quantitative estimate of drug-likeness (QED) is 0.350. The molecule has 1 aromatic heterocycles. The fourth-order valence-electron chi connectivity index (χ4n) is 3.43. The van der Waals surface area contributed by atoms with Gasteiger partial charge in [0.25, 0.3) is 0 Å². The number of rotatable bonds is 13. The molecule has 3 rings (SSSR count). The molecule has 0 aliphatic rings. The molecule has 1 amide bonds. The van der Waals surface area contributed by atoms with Gasteiger partial charge in [-0.1, -0.05) is 0 Å². The van der Waals surface area contributed by atoms with Crippen LogP contribution in [0.1, 0.15) is 6.42 Å². The molecule has 0 fully saturated rings. The molecule has 0 atom stereocenters. The number of anilines is 1. The van der Waals surface area contributed by atoms with Gasteiger partial charge in [-0.2, -0.15) is 15.4 Å². The molecule has 0 radical (unpaired) electrons. The molecule has 1 heterocycles. The Morgan fingerprint density at radius 1 is 0.800 bits per heavy atom. The van der Waals surface area contributed by atoms with Crippen LogP contribution in [0.5, 0.6) is 23.0 Å². The number of hydrogen-bond donors (Lipinski definition) is 2. The topological polar surface area (TPSA) is 126 Å². The lowest BCUT2D eigenvalue weighted by Gasteiger charge is -2.14. The summed E-state index contributed by atoms with van der Waals surface area (Å²) >= 11 is 0. The van der Waals surface area contributed by atoms with Crippen molar-refractivity contribution < 1.29 is 33.2 Å². The van der Waals surface area contributed by atoms with E-state index in [4.69, 9.17) is 28.4 Å². The summed E-state index contributed by atoms with van der Waals surface area (Å²) < 4.78 is 32.1. The average molecular weight is 487 g/mol. The van der Waals surface area contributed by atoms with Crippen molar-refractivity contribution in [2.75, 3.05) is 60.7 Å². The number of amides is 1.